The van der Waals surface area contributed by atoms with Crippen molar-refractivity contribution < 1.29 is 28.6 Å². The molecule has 28 heavy (non-hydrogen) atoms. The van der Waals surface area contributed by atoms with Gasteiger partial charge in [0.1, 0.15) is 5.75 Å². The Kier molecular flexibility index (Phi) is 6.03. The van der Waals surface area contributed by atoms with Gasteiger partial charge in [-0.2, -0.15) is 0 Å². The van der Waals surface area contributed by atoms with E-state index in [1.54, 1.807) is 14.0 Å². The maximum atomic E-state index is 13.1. The van der Waals surface area contributed by atoms with E-state index in [4.69, 9.17) is 14.2 Å². The van der Waals surface area contributed by atoms with E-state index >= 15 is 0 Å². The zero-order chi connectivity index (χ0) is 20.3. The third-order valence-electron chi connectivity index (χ3n) is 5.91. The summed E-state index contributed by atoms with van der Waals surface area (Å²) in [4.78, 5) is 40.3. The molecule has 3 atom stereocenters. The van der Waals surface area contributed by atoms with Gasteiger partial charge in [0.2, 0.25) is 0 Å². The van der Waals surface area contributed by atoms with Crippen LogP contribution in [0.4, 0.5) is 0 Å². The average Bonchev–Trinajstić information content (AvgIpc) is 3.00. The highest BCUT2D eigenvalue weighted by atomic mass is 16.5. The van der Waals surface area contributed by atoms with Crippen LogP contribution >= 0.6 is 0 Å². The van der Waals surface area contributed by atoms with Gasteiger partial charge in [0.25, 0.3) is 0 Å². The molecule has 2 heterocycles. The van der Waals surface area contributed by atoms with Crippen LogP contribution in [0, 0.1) is 5.41 Å². The monoisotopic (exact) mass is 389 g/mol. The summed E-state index contributed by atoms with van der Waals surface area (Å²) < 4.78 is 15.4. The van der Waals surface area contributed by atoms with Crippen LogP contribution in [0.5, 0.6) is 5.75 Å². The van der Waals surface area contributed by atoms with Crippen LogP contribution in [-0.2, 0) is 30.4 Å². The predicted molar refractivity (Wildman–Crippen MR) is 101 cm³/mol. The van der Waals surface area contributed by atoms with Crippen molar-refractivity contribution in [3.8, 4) is 5.75 Å². The van der Waals surface area contributed by atoms with Crippen LogP contribution in [0.15, 0.2) is 24.3 Å². The van der Waals surface area contributed by atoms with Crippen molar-refractivity contribution in [2.45, 2.75) is 51.2 Å². The summed E-state index contributed by atoms with van der Waals surface area (Å²) in [6.07, 6.45) is 1.42. The topological polar surface area (TPSA) is 82.1 Å². The van der Waals surface area contributed by atoms with Crippen LogP contribution in [0.3, 0.4) is 0 Å². The molecule has 0 aliphatic carbocycles. The molecule has 3 unspecified atom stereocenters. The van der Waals surface area contributed by atoms with Gasteiger partial charge in [0, 0.05) is 25.0 Å². The number of hydrogen-bond donors (Lipinski definition) is 0. The number of rotatable bonds is 7. The molecule has 7 nitrogen and oxygen atoms in total. The van der Waals surface area contributed by atoms with E-state index < -0.39 is 17.4 Å². The Bertz CT molecular complexity index is 763. The molecular formula is C21H27NO6. The fourth-order valence-electron chi connectivity index (χ4n) is 4.65. The van der Waals surface area contributed by atoms with E-state index in [-0.39, 0.29) is 37.3 Å². The molecule has 0 spiro atoms. The largest absolute Gasteiger partial charge is 0.497 e. The molecule has 3 rings (SSSR count). The first-order valence-electron chi connectivity index (χ1n) is 9.62. The Morgan fingerprint density at radius 1 is 1.25 bits per heavy atom. The number of piperidine rings is 1. The van der Waals surface area contributed by atoms with Crippen LogP contribution in [-0.4, -0.2) is 55.5 Å². The normalized spacial score (nSPS) is 26.8. The number of hydrogen-bond acceptors (Lipinski definition) is 7. The first-order chi connectivity index (χ1) is 13.5. The average molecular weight is 389 g/mol. The van der Waals surface area contributed by atoms with Crippen LogP contribution < -0.4 is 4.74 Å². The number of esters is 2. The molecule has 0 amide bonds. The van der Waals surface area contributed by atoms with Gasteiger partial charge in [-0.25, -0.2) is 0 Å². The Labute approximate surface area is 164 Å². The van der Waals surface area contributed by atoms with Crippen LogP contribution in [0.25, 0.3) is 0 Å². The Hall–Kier alpha value is -2.41. The highest BCUT2D eigenvalue weighted by Crippen LogP contribution is 2.48. The van der Waals surface area contributed by atoms with Crippen molar-refractivity contribution in [1.82, 2.24) is 4.90 Å². The molecule has 152 valence electrons. The number of Topliss-reactive ketones (excluding diaryl/α,β-unsaturated/α-hetero) is 1. The van der Waals surface area contributed by atoms with Crippen LogP contribution in [0.1, 0.15) is 38.2 Å². The van der Waals surface area contributed by atoms with Gasteiger partial charge in [0.15, 0.2) is 11.2 Å². The third-order valence-corrected chi connectivity index (χ3v) is 5.91. The molecule has 0 radical (unpaired) electrons. The van der Waals surface area contributed by atoms with Gasteiger partial charge in [-0.15, -0.1) is 0 Å². The van der Waals surface area contributed by atoms with E-state index in [0.29, 0.717) is 13.0 Å². The zero-order valence-corrected chi connectivity index (χ0v) is 16.6. The van der Waals surface area contributed by atoms with Gasteiger partial charge < -0.3 is 14.2 Å². The smallest absolute Gasteiger partial charge is 0.321 e. The summed E-state index contributed by atoms with van der Waals surface area (Å²) >= 11 is 0. The molecule has 0 N–H and O–H groups in total. The number of ether oxygens (including phenoxy) is 3. The molecule has 2 aliphatic heterocycles. The second kappa shape index (κ2) is 8.31. The van der Waals surface area contributed by atoms with E-state index in [1.807, 2.05) is 24.3 Å². The first-order valence-corrected chi connectivity index (χ1v) is 9.62. The summed E-state index contributed by atoms with van der Waals surface area (Å²) in [7, 11) is 2.87. The van der Waals surface area contributed by atoms with Crippen molar-refractivity contribution in [1.29, 1.82) is 0 Å². The van der Waals surface area contributed by atoms with Crippen LogP contribution in [0.2, 0.25) is 0 Å². The van der Waals surface area contributed by atoms with Gasteiger partial charge in [-0.3, -0.25) is 19.3 Å². The quantitative estimate of drug-likeness (QED) is 0.522. The summed E-state index contributed by atoms with van der Waals surface area (Å²) in [6, 6.07) is 7.39. The zero-order valence-electron chi connectivity index (χ0n) is 16.6. The Morgan fingerprint density at radius 2 is 2.04 bits per heavy atom. The minimum atomic E-state index is -1.51. The van der Waals surface area contributed by atoms with Crippen molar-refractivity contribution in [3.63, 3.8) is 0 Å². The predicted octanol–water partition coefficient (Wildman–Crippen LogP) is 2.11. The lowest BCUT2D eigenvalue weighted by Crippen LogP contribution is -2.61. The SMILES string of the molecule is CCOC(=O)CC1(C(=O)OC)C(=O)CC2CCC1N2Cc1cccc(OC)c1. The number of nitrogens with zero attached hydrogens (tertiary/aromatic N) is 1. The molecule has 2 fully saturated rings. The Balaban J connectivity index is 1.94. The highest BCUT2D eigenvalue weighted by Gasteiger charge is 2.62. The minimum absolute atomic E-state index is 0.0590. The maximum Gasteiger partial charge on any atom is 0.321 e. The molecule has 1 aromatic carbocycles. The fraction of sp³-hybridized carbons (Fsp3) is 0.571. The number of methoxy groups -OCH3 is 2. The number of fused-ring (bicyclic) bond motifs is 2. The third kappa shape index (κ3) is 3.51. The molecule has 7 heteroatoms. The molecule has 2 saturated heterocycles. The second-order valence-electron chi connectivity index (χ2n) is 7.34. The number of carbonyl (C=O) groups is 3. The van der Waals surface area contributed by atoms with E-state index in [1.165, 1.54) is 7.11 Å². The summed E-state index contributed by atoms with van der Waals surface area (Å²) in [5.74, 6) is -0.662. The minimum Gasteiger partial charge on any atom is -0.497 e. The Morgan fingerprint density at radius 3 is 2.71 bits per heavy atom. The summed E-state index contributed by atoms with van der Waals surface area (Å²) in [5.41, 5.74) is -0.479. The summed E-state index contributed by atoms with van der Waals surface area (Å²) in [6.45, 7) is 2.47. The van der Waals surface area contributed by atoms with Gasteiger partial charge >= 0.3 is 11.9 Å². The fourth-order valence-corrected chi connectivity index (χ4v) is 4.65. The lowest BCUT2D eigenvalue weighted by atomic mass is 9.70. The number of carbonyl (C=O) groups excluding carboxylic acids is 3. The van der Waals surface area contributed by atoms with Crippen molar-refractivity contribution in [3.05, 3.63) is 29.8 Å². The van der Waals surface area contributed by atoms with Gasteiger partial charge in [-0.05, 0) is 37.5 Å². The van der Waals surface area contributed by atoms with Gasteiger partial charge in [0.05, 0.1) is 27.2 Å². The molecule has 0 saturated carbocycles. The second-order valence-corrected chi connectivity index (χ2v) is 7.34. The lowest BCUT2D eigenvalue weighted by Gasteiger charge is -2.45. The highest BCUT2D eigenvalue weighted by molar-refractivity contribution is 6.08. The maximum absolute atomic E-state index is 13.1. The van der Waals surface area contributed by atoms with Crippen molar-refractivity contribution in [2.75, 3.05) is 20.8 Å². The van der Waals surface area contributed by atoms with Crippen molar-refractivity contribution in [2.24, 2.45) is 5.41 Å². The standard InChI is InChI=1S/C21H27NO6/c1-4-28-19(24)12-21(20(25)27-3)17-9-8-15(11-18(21)23)22(17)13-14-6-5-7-16(10-14)26-2/h5-7,10,15,17H,4,8-9,11-13H2,1-3H3. The molecule has 0 aromatic heterocycles. The van der Waals surface area contributed by atoms with Gasteiger partial charge in [-0.1, -0.05) is 12.1 Å². The number of ketones is 1. The summed E-state index contributed by atoms with van der Waals surface area (Å²) in [5, 5.41) is 0. The van der Waals surface area contributed by atoms with E-state index in [2.05, 4.69) is 4.90 Å². The number of benzene rings is 1. The van der Waals surface area contributed by atoms with Crippen molar-refractivity contribution >= 4 is 17.7 Å². The molecular weight excluding hydrogens is 362 g/mol. The molecule has 2 bridgehead atoms. The molecule has 1 aromatic rings. The van der Waals surface area contributed by atoms with E-state index in [9.17, 15) is 14.4 Å². The molecule has 2 aliphatic rings. The lowest BCUT2D eigenvalue weighted by molar-refractivity contribution is -0.173. The van der Waals surface area contributed by atoms with E-state index in [0.717, 1.165) is 17.7 Å². The first kappa shape index (κ1) is 20.3.